The molecule has 0 radical (unpaired) electrons. The molecule has 4 atom stereocenters. The van der Waals surface area contributed by atoms with Gasteiger partial charge in [-0.15, -0.1) is 0 Å². The van der Waals surface area contributed by atoms with Gasteiger partial charge < -0.3 is 4.74 Å². The summed E-state index contributed by atoms with van der Waals surface area (Å²) in [6.07, 6.45) is 2.03. The number of hydrogen-bond donors (Lipinski definition) is 0. The van der Waals surface area contributed by atoms with Crippen LogP contribution in [0.4, 0.5) is 0 Å². The fraction of sp³-hybridized carbons (Fsp3) is 0.385. The van der Waals surface area contributed by atoms with Crippen molar-refractivity contribution in [3.05, 3.63) is 64.7 Å². The molecule has 0 spiro atoms. The fourth-order valence-electron chi connectivity index (χ4n) is 4.86. The van der Waals surface area contributed by atoms with Crippen molar-refractivity contribution < 1.29 is 23.9 Å². The van der Waals surface area contributed by atoms with Crippen molar-refractivity contribution in [3.8, 4) is 5.75 Å². The van der Waals surface area contributed by atoms with Crippen LogP contribution >= 0.6 is 11.6 Å². The molecule has 8 heteroatoms. The van der Waals surface area contributed by atoms with Crippen molar-refractivity contribution in [2.24, 2.45) is 17.8 Å². The number of hydrogen-bond acceptors (Lipinski definition) is 5. The summed E-state index contributed by atoms with van der Waals surface area (Å²) in [6, 6.07) is 11.5. The average molecular weight is 483 g/mol. The quantitative estimate of drug-likeness (QED) is 0.450. The van der Waals surface area contributed by atoms with Gasteiger partial charge in [0.05, 0.1) is 18.9 Å². The number of imide groups is 1. The third-order valence-corrected chi connectivity index (χ3v) is 7.05. The third kappa shape index (κ3) is 4.32. The minimum Gasteiger partial charge on any atom is -0.497 e. The number of rotatable bonds is 6. The molecule has 0 aromatic heterocycles. The molecule has 1 aliphatic carbocycles. The van der Waals surface area contributed by atoms with E-state index < -0.39 is 41.4 Å². The van der Waals surface area contributed by atoms with Crippen LogP contribution < -0.4 is 4.74 Å². The molecule has 2 aromatic rings. The molecule has 1 heterocycles. The van der Waals surface area contributed by atoms with Crippen molar-refractivity contribution in [2.75, 3.05) is 7.11 Å². The van der Waals surface area contributed by atoms with E-state index in [9.17, 15) is 19.2 Å². The number of benzene rings is 2. The van der Waals surface area contributed by atoms with E-state index in [1.54, 1.807) is 36.4 Å². The molecule has 2 fully saturated rings. The average Bonchev–Trinajstić information content (AvgIpc) is 3.08. The fourth-order valence-corrected chi connectivity index (χ4v) is 4.98. The molecule has 1 saturated carbocycles. The van der Waals surface area contributed by atoms with Crippen LogP contribution in [-0.4, -0.2) is 46.7 Å². The first-order chi connectivity index (χ1) is 16.2. The summed E-state index contributed by atoms with van der Waals surface area (Å²) >= 11 is 5.98. The molecule has 2 aliphatic rings. The number of methoxy groups -OCH3 is 1. The summed E-state index contributed by atoms with van der Waals surface area (Å²) in [4.78, 5) is 53.9. The van der Waals surface area contributed by atoms with Crippen LogP contribution in [-0.2, 0) is 9.59 Å². The molecule has 34 heavy (non-hydrogen) atoms. The second-order valence-corrected chi connectivity index (χ2v) is 9.48. The molecular weight excluding hydrogens is 456 g/mol. The van der Waals surface area contributed by atoms with E-state index in [0.717, 1.165) is 16.4 Å². The number of carbonyl (C=O) groups excluding carboxylic acids is 4. The minimum absolute atomic E-state index is 0.225. The molecule has 0 bridgehead atoms. The number of halogens is 1. The molecule has 7 nitrogen and oxygen atoms in total. The molecule has 2 aromatic carbocycles. The van der Waals surface area contributed by atoms with Gasteiger partial charge in [0.15, 0.2) is 5.78 Å². The minimum atomic E-state index is -1.10. The Morgan fingerprint density at radius 3 is 2.18 bits per heavy atom. The lowest BCUT2D eigenvalue weighted by atomic mass is 9.76. The topological polar surface area (TPSA) is 84.0 Å². The maximum atomic E-state index is 13.6. The van der Waals surface area contributed by atoms with Crippen LogP contribution in [0.2, 0.25) is 5.02 Å². The normalized spacial score (nSPS) is 22.8. The Morgan fingerprint density at radius 1 is 0.971 bits per heavy atom. The largest absolute Gasteiger partial charge is 0.497 e. The number of amides is 3. The van der Waals surface area contributed by atoms with E-state index in [2.05, 4.69) is 6.92 Å². The van der Waals surface area contributed by atoms with Crippen LogP contribution in [0.1, 0.15) is 53.8 Å². The van der Waals surface area contributed by atoms with Crippen molar-refractivity contribution >= 4 is 35.1 Å². The Hall–Kier alpha value is -3.19. The van der Waals surface area contributed by atoms with Crippen LogP contribution in [0.25, 0.3) is 0 Å². The first kappa shape index (κ1) is 24.0. The Bertz CT molecular complexity index is 1120. The summed E-state index contributed by atoms with van der Waals surface area (Å²) in [6.45, 7) is 3.59. The van der Waals surface area contributed by atoms with Crippen LogP contribution in [0.5, 0.6) is 5.75 Å². The number of hydrazine groups is 1. The number of ether oxygens (including phenoxy) is 1. The van der Waals surface area contributed by atoms with Crippen LogP contribution in [0, 0.1) is 17.8 Å². The highest BCUT2D eigenvalue weighted by Gasteiger charge is 2.54. The lowest BCUT2D eigenvalue weighted by Gasteiger charge is -2.34. The van der Waals surface area contributed by atoms with Gasteiger partial charge in [-0.3, -0.25) is 19.2 Å². The van der Waals surface area contributed by atoms with Gasteiger partial charge in [-0.2, -0.15) is 5.01 Å². The molecular formula is C26H27ClN2O5. The second-order valence-electron chi connectivity index (χ2n) is 9.04. The zero-order chi connectivity index (χ0) is 24.6. The summed E-state index contributed by atoms with van der Waals surface area (Å²) in [5.41, 5.74) is 0.565. The summed E-state index contributed by atoms with van der Waals surface area (Å²) in [5, 5.41) is 2.40. The predicted molar refractivity (Wildman–Crippen MR) is 126 cm³/mol. The molecule has 3 amide bonds. The molecule has 1 aliphatic heterocycles. The smallest absolute Gasteiger partial charge is 0.273 e. The lowest BCUT2D eigenvalue weighted by Crippen LogP contribution is -2.56. The van der Waals surface area contributed by atoms with Crippen molar-refractivity contribution in [3.63, 3.8) is 0 Å². The summed E-state index contributed by atoms with van der Waals surface area (Å²) in [5.74, 6) is -1.88. The third-order valence-electron chi connectivity index (χ3n) is 6.80. The van der Waals surface area contributed by atoms with Gasteiger partial charge in [0.1, 0.15) is 11.8 Å². The SMILES string of the molecule is COc1ccc(C(=O)[C@H](C)N(C(=O)c2ccc(Cl)cc2)N2C(=O)[C@H]3C[C@@H](C)CC[C@H]3C2=O)cc1. The molecule has 1 saturated heterocycles. The molecule has 0 N–H and O–H groups in total. The monoisotopic (exact) mass is 482 g/mol. The van der Waals surface area contributed by atoms with Gasteiger partial charge in [0.2, 0.25) is 0 Å². The zero-order valence-corrected chi connectivity index (χ0v) is 20.1. The predicted octanol–water partition coefficient (Wildman–Crippen LogP) is 4.40. The lowest BCUT2D eigenvalue weighted by molar-refractivity contribution is -0.156. The number of fused-ring (bicyclic) bond motifs is 1. The van der Waals surface area contributed by atoms with Crippen LogP contribution in [0.15, 0.2) is 48.5 Å². The van der Waals surface area contributed by atoms with Gasteiger partial charge >= 0.3 is 0 Å². The molecule has 0 unspecified atom stereocenters. The maximum absolute atomic E-state index is 13.6. The van der Waals surface area contributed by atoms with Crippen LogP contribution in [0.3, 0.4) is 0 Å². The van der Waals surface area contributed by atoms with Gasteiger partial charge in [-0.05, 0) is 80.6 Å². The van der Waals surface area contributed by atoms with Gasteiger partial charge in [-0.25, -0.2) is 5.01 Å². The maximum Gasteiger partial charge on any atom is 0.273 e. The van der Waals surface area contributed by atoms with Gasteiger partial charge in [0, 0.05) is 16.1 Å². The highest BCUT2D eigenvalue weighted by molar-refractivity contribution is 6.30. The van der Waals surface area contributed by atoms with Crippen molar-refractivity contribution in [1.29, 1.82) is 0 Å². The van der Waals surface area contributed by atoms with E-state index in [1.807, 2.05) is 0 Å². The Morgan fingerprint density at radius 2 is 1.56 bits per heavy atom. The first-order valence-electron chi connectivity index (χ1n) is 11.4. The first-order valence-corrected chi connectivity index (χ1v) is 11.8. The number of nitrogens with zero attached hydrogens (tertiary/aromatic N) is 2. The van der Waals surface area contributed by atoms with Gasteiger partial charge in [0.25, 0.3) is 17.7 Å². The number of carbonyl (C=O) groups is 4. The van der Waals surface area contributed by atoms with E-state index in [1.165, 1.54) is 26.2 Å². The highest BCUT2D eigenvalue weighted by atomic mass is 35.5. The van der Waals surface area contributed by atoms with E-state index >= 15 is 0 Å². The zero-order valence-electron chi connectivity index (χ0n) is 19.4. The standard InChI is InChI=1S/C26H27ClN2O5/c1-15-4-13-21-22(14-15)26(33)29(25(21)32)28(24(31)18-5-9-19(27)10-6-18)16(2)23(30)17-7-11-20(34-3)12-8-17/h5-12,15-16,21-22H,4,13-14H2,1-3H3/t15-,16-,21+,22-/m0/s1. The molecule has 178 valence electrons. The molecule has 4 rings (SSSR count). The Kier molecular flexibility index (Phi) is 6.75. The highest BCUT2D eigenvalue weighted by Crippen LogP contribution is 2.41. The van der Waals surface area contributed by atoms with Gasteiger partial charge in [-0.1, -0.05) is 18.5 Å². The summed E-state index contributed by atoms with van der Waals surface area (Å²) < 4.78 is 5.15. The van der Waals surface area contributed by atoms with E-state index in [4.69, 9.17) is 16.3 Å². The van der Waals surface area contributed by atoms with Crippen molar-refractivity contribution in [1.82, 2.24) is 10.0 Å². The Balaban J connectivity index is 1.72. The van der Waals surface area contributed by atoms with Crippen molar-refractivity contribution in [2.45, 2.75) is 39.2 Å². The number of ketones is 1. The summed E-state index contributed by atoms with van der Waals surface area (Å²) in [7, 11) is 1.52. The van der Waals surface area contributed by atoms with E-state index in [-0.39, 0.29) is 5.56 Å². The second kappa shape index (κ2) is 9.58. The van der Waals surface area contributed by atoms with E-state index in [0.29, 0.717) is 35.1 Å². The Labute approximate surface area is 203 Å². The number of Topliss-reactive ketones (excluding diaryl/α,β-unsaturated/α-hetero) is 1.